The molecule has 9 heavy (non-hydrogen) atoms. The molecule has 0 fully saturated rings. The van der Waals surface area contributed by atoms with Crippen LogP contribution in [0.5, 0.6) is 0 Å². The minimum Gasteiger partial charge on any atom is -0.481 e. The van der Waals surface area contributed by atoms with Gasteiger partial charge in [-0.3, -0.25) is 4.79 Å². The summed E-state index contributed by atoms with van der Waals surface area (Å²) in [6.45, 7) is 0. The van der Waals surface area contributed by atoms with Gasteiger partial charge in [0, 0.05) is 6.42 Å². The van der Waals surface area contributed by atoms with E-state index < -0.39 is 5.97 Å². The third-order valence-electron chi connectivity index (χ3n) is 0.549. The van der Waals surface area contributed by atoms with Crippen LogP contribution in [0.15, 0.2) is 0 Å². The second-order valence-corrected chi connectivity index (χ2v) is 1.67. The number of rotatable bonds is 3. The lowest BCUT2D eigenvalue weighted by Crippen LogP contribution is -1.93. The highest BCUT2D eigenvalue weighted by Crippen LogP contribution is 1.88. The fourth-order valence-electron chi connectivity index (χ4n) is 0.230. The highest BCUT2D eigenvalue weighted by molar-refractivity contribution is 7.80. The normalized spacial score (nSPS) is 7.44. The summed E-state index contributed by atoms with van der Waals surface area (Å²) in [6.07, 6.45) is 2.60. The van der Waals surface area contributed by atoms with Crippen molar-refractivity contribution in [1.29, 1.82) is 0 Å². The van der Waals surface area contributed by atoms with Crippen LogP contribution in [0.3, 0.4) is 0 Å². The summed E-state index contributed by atoms with van der Waals surface area (Å²) >= 11 is 7.36. The van der Waals surface area contributed by atoms with Gasteiger partial charge < -0.3 is 5.11 Å². The first-order valence-electron chi connectivity index (χ1n) is 2.54. The van der Waals surface area contributed by atoms with E-state index in [9.17, 15) is 4.79 Å². The second kappa shape index (κ2) is 11.0. The van der Waals surface area contributed by atoms with E-state index >= 15 is 0 Å². The predicted octanol–water partition coefficient (Wildman–Crippen LogP) is 1.33. The zero-order valence-electron chi connectivity index (χ0n) is 5.37. The van der Waals surface area contributed by atoms with Crippen LogP contribution >= 0.6 is 25.3 Å². The van der Waals surface area contributed by atoms with Crippen molar-refractivity contribution in [2.75, 3.05) is 12.0 Å². The number of carboxylic acids is 1. The van der Waals surface area contributed by atoms with Crippen LogP contribution in [-0.4, -0.2) is 23.1 Å². The molecule has 0 rings (SSSR count). The summed E-state index contributed by atoms with van der Waals surface area (Å²) < 4.78 is 0. The van der Waals surface area contributed by atoms with Crippen molar-refractivity contribution in [2.45, 2.75) is 12.8 Å². The fourth-order valence-corrected chi connectivity index (χ4v) is 0.388. The summed E-state index contributed by atoms with van der Waals surface area (Å²) in [4.78, 5) is 9.72. The monoisotopic (exact) mass is 168 g/mol. The Morgan fingerprint density at radius 1 is 1.56 bits per heavy atom. The van der Waals surface area contributed by atoms with Crippen LogP contribution in [0, 0.1) is 0 Å². The molecular weight excluding hydrogens is 156 g/mol. The van der Waals surface area contributed by atoms with E-state index in [1.807, 2.05) is 0 Å². The minimum absolute atomic E-state index is 0.240. The van der Waals surface area contributed by atoms with Gasteiger partial charge >= 0.3 is 5.97 Å². The SMILES string of the molecule is CS.O=C(O)CCCS. The molecule has 1 N–H and O–H groups in total. The maximum absolute atomic E-state index is 9.72. The van der Waals surface area contributed by atoms with Gasteiger partial charge in [-0.2, -0.15) is 25.3 Å². The number of aliphatic carboxylic acids is 1. The van der Waals surface area contributed by atoms with E-state index in [0.717, 1.165) is 0 Å². The van der Waals surface area contributed by atoms with Crippen molar-refractivity contribution in [2.24, 2.45) is 0 Å². The summed E-state index contributed by atoms with van der Waals surface area (Å²) in [6, 6.07) is 0. The van der Waals surface area contributed by atoms with Crippen LogP contribution in [0.25, 0.3) is 0 Å². The number of hydrogen-bond donors (Lipinski definition) is 3. The number of thiol groups is 2. The van der Waals surface area contributed by atoms with Crippen LogP contribution in [0.1, 0.15) is 12.8 Å². The maximum atomic E-state index is 9.72. The molecule has 0 heterocycles. The zero-order chi connectivity index (χ0) is 7.70. The first-order chi connectivity index (χ1) is 4.27. The Morgan fingerprint density at radius 2 is 2.00 bits per heavy atom. The molecule has 0 aromatic rings. The van der Waals surface area contributed by atoms with Gasteiger partial charge in [-0.25, -0.2) is 0 Å². The van der Waals surface area contributed by atoms with Crippen LogP contribution < -0.4 is 0 Å². The van der Waals surface area contributed by atoms with E-state index in [4.69, 9.17) is 5.11 Å². The lowest BCUT2D eigenvalue weighted by atomic mass is 10.3. The summed E-state index contributed by atoms with van der Waals surface area (Å²) in [5, 5.41) is 8.01. The highest BCUT2D eigenvalue weighted by atomic mass is 32.1. The lowest BCUT2D eigenvalue weighted by molar-refractivity contribution is -0.137. The number of carboxylic acid groups (broad SMARTS) is 1. The minimum atomic E-state index is -0.742. The Morgan fingerprint density at radius 3 is 2.11 bits per heavy atom. The summed E-state index contributed by atoms with van der Waals surface area (Å²) in [5.41, 5.74) is 0. The van der Waals surface area contributed by atoms with Crippen molar-refractivity contribution in [3.05, 3.63) is 0 Å². The third kappa shape index (κ3) is 17.9. The van der Waals surface area contributed by atoms with E-state index in [1.165, 1.54) is 0 Å². The van der Waals surface area contributed by atoms with Gasteiger partial charge in [-0.1, -0.05) is 0 Å². The van der Waals surface area contributed by atoms with Crippen molar-refractivity contribution >= 4 is 31.2 Å². The first-order valence-corrected chi connectivity index (χ1v) is 4.07. The standard InChI is InChI=1S/C4H8O2S.CH4S/c5-4(6)2-1-3-7;1-2/h7H,1-3H2,(H,5,6);2H,1H3. The van der Waals surface area contributed by atoms with Crippen molar-refractivity contribution < 1.29 is 9.90 Å². The molecule has 0 radical (unpaired) electrons. The molecule has 0 spiro atoms. The smallest absolute Gasteiger partial charge is 0.303 e. The molecule has 4 heteroatoms. The quantitative estimate of drug-likeness (QED) is 0.556. The number of hydrogen-bond acceptors (Lipinski definition) is 3. The molecule has 0 atom stereocenters. The first kappa shape index (κ1) is 11.9. The molecule has 0 bridgehead atoms. The highest BCUT2D eigenvalue weighted by Gasteiger charge is 1.91. The average molecular weight is 168 g/mol. The molecule has 0 aliphatic carbocycles. The molecule has 0 saturated heterocycles. The Hall–Kier alpha value is 0.170. The van der Waals surface area contributed by atoms with Crippen molar-refractivity contribution in [3.63, 3.8) is 0 Å². The van der Waals surface area contributed by atoms with Crippen LogP contribution in [-0.2, 0) is 4.79 Å². The molecule has 0 aromatic carbocycles. The molecule has 0 amide bonds. The van der Waals surface area contributed by atoms with E-state index in [1.54, 1.807) is 6.26 Å². The molecule has 0 aliphatic heterocycles. The molecule has 0 saturated carbocycles. The predicted molar refractivity (Wildman–Crippen MR) is 45.6 cm³/mol. The van der Waals surface area contributed by atoms with E-state index in [-0.39, 0.29) is 6.42 Å². The fraction of sp³-hybridized carbons (Fsp3) is 0.800. The summed E-state index contributed by atoms with van der Waals surface area (Å²) in [7, 11) is 0. The van der Waals surface area contributed by atoms with Crippen LogP contribution in [0.2, 0.25) is 0 Å². The van der Waals surface area contributed by atoms with Gasteiger partial charge in [0.15, 0.2) is 0 Å². The second-order valence-electron chi connectivity index (χ2n) is 1.22. The Labute approximate surface area is 66.5 Å². The molecule has 56 valence electrons. The Bertz CT molecular complexity index is 66.0. The maximum Gasteiger partial charge on any atom is 0.303 e. The van der Waals surface area contributed by atoms with Crippen LogP contribution in [0.4, 0.5) is 0 Å². The topological polar surface area (TPSA) is 37.3 Å². The van der Waals surface area contributed by atoms with E-state index in [0.29, 0.717) is 12.2 Å². The van der Waals surface area contributed by atoms with Gasteiger partial charge in [0.2, 0.25) is 0 Å². The van der Waals surface area contributed by atoms with Gasteiger partial charge in [-0.05, 0) is 18.4 Å². The summed E-state index contributed by atoms with van der Waals surface area (Å²) in [5.74, 6) is -0.0826. The molecule has 0 aliphatic rings. The van der Waals surface area contributed by atoms with Crippen molar-refractivity contribution in [3.8, 4) is 0 Å². The third-order valence-corrected chi connectivity index (χ3v) is 0.865. The molecule has 0 unspecified atom stereocenters. The average Bonchev–Trinajstić information content (AvgIpc) is 1.88. The van der Waals surface area contributed by atoms with Gasteiger partial charge in [0.05, 0.1) is 0 Å². The van der Waals surface area contributed by atoms with Gasteiger partial charge in [-0.15, -0.1) is 0 Å². The van der Waals surface area contributed by atoms with Gasteiger partial charge in [0.25, 0.3) is 0 Å². The Balaban J connectivity index is 0. The number of carbonyl (C=O) groups is 1. The Kier molecular flexibility index (Phi) is 14.6. The largest absolute Gasteiger partial charge is 0.481 e. The zero-order valence-corrected chi connectivity index (χ0v) is 7.16. The molecule has 0 aromatic heterocycles. The van der Waals surface area contributed by atoms with Crippen molar-refractivity contribution in [1.82, 2.24) is 0 Å². The van der Waals surface area contributed by atoms with E-state index in [2.05, 4.69) is 25.3 Å². The van der Waals surface area contributed by atoms with Gasteiger partial charge in [0.1, 0.15) is 0 Å². The molecular formula is C5H12O2S2. The lowest BCUT2D eigenvalue weighted by Gasteiger charge is -1.85. The molecule has 2 nitrogen and oxygen atoms in total.